The summed E-state index contributed by atoms with van der Waals surface area (Å²) >= 11 is 6.82. The van der Waals surface area contributed by atoms with E-state index in [0.29, 0.717) is 72.5 Å². The van der Waals surface area contributed by atoms with E-state index in [1.807, 2.05) is 6.92 Å². The Morgan fingerprint density at radius 3 is 2.48 bits per heavy atom. The molecule has 5 N–H and O–H groups in total. The fraction of sp³-hybridized carbons (Fsp3) is 0.536. The number of amides is 1. The van der Waals surface area contributed by atoms with E-state index in [-0.39, 0.29) is 66.9 Å². The van der Waals surface area contributed by atoms with Gasteiger partial charge in [-0.1, -0.05) is 38.1 Å². The highest BCUT2D eigenvalue weighted by Gasteiger charge is 2.82. The van der Waals surface area contributed by atoms with Gasteiger partial charge in [0.2, 0.25) is 0 Å². The molecule has 6 aromatic rings. The van der Waals surface area contributed by atoms with E-state index >= 15 is 0 Å². The number of H-pyrrole nitrogens is 2. The van der Waals surface area contributed by atoms with Gasteiger partial charge in [-0.15, -0.1) is 11.6 Å². The highest BCUT2D eigenvalue weighted by molar-refractivity contribution is 7.90. The van der Waals surface area contributed by atoms with Crippen molar-refractivity contribution < 1.29 is 32.2 Å². The topological polar surface area (TPSA) is 220 Å². The highest BCUT2D eigenvalue weighted by atomic mass is 35.5. The van der Waals surface area contributed by atoms with Crippen LogP contribution < -0.4 is 29.5 Å². The maximum absolute atomic E-state index is 15.0. The number of nitrogens with one attached hydrogen (secondary N) is 4. The number of carbonyl (C=O) groups excluding carboxylic acids is 1. The first-order valence-electron chi connectivity index (χ1n) is 27.1. The number of fused-ring (bicyclic) bond motifs is 3. The molecular formula is C56H68ClFN11O7S-. The molecule has 1 spiro atoms. The summed E-state index contributed by atoms with van der Waals surface area (Å²) in [5.74, 6) is -0.595. The predicted octanol–water partition coefficient (Wildman–Crippen LogP) is 9.18. The zero-order valence-corrected chi connectivity index (χ0v) is 45.9. The average molecular weight is 1090 g/mol. The molecule has 2 aromatic carbocycles. The average Bonchev–Trinajstić information content (AvgIpc) is 3.94. The number of aromatic nitrogens is 5. The number of piperidine rings is 1. The van der Waals surface area contributed by atoms with Gasteiger partial charge in [-0.2, -0.15) is 4.98 Å². The molecule has 4 saturated carbocycles. The molecule has 2 aliphatic heterocycles. The van der Waals surface area contributed by atoms with Crippen LogP contribution in [0.5, 0.6) is 17.4 Å². The van der Waals surface area contributed by atoms with Crippen LogP contribution in [0.25, 0.3) is 22.1 Å². The van der Waals surface area contributed by atoms with Gasteiger partial charge < -0.3 is 45.0 Å². The fourth-order valence-corrected chi connectivity index (χ4v) is 15.0. The van der Waals surface area contributed by atoms with Crippen LogP contribution >= 0.6 is 11.6 Å². The molecule has 0 radical (unpaired) electrons. The predicted molar refractivity (Wildman–Crippen MR) is 294 cm³/mol. The van der Waals surface area contributed by atoms with Crippen molar-refractivity contribution >= 4 is 66.8 Å². The number of nitrogens with zero attached hydrogens (tertiary/aromatic N) is 7. The van der Waals surface area contributed by atoms with Crippen molar-refractivity contribution in [2.45, 2.75) is 118 Å². The summed E-state index contributed by atoms with van der Waals surface area (Å²) in [4.78, 5) is 41.0. The smallest absolute Gasteiger partial charge is 0.270 e. The minimum absolute atomic E-state index is 0.00502. The van der Waals surface area contributed by atoms with Crippen molar-refractivity contribution in [2.75, 3.05) is 75.3 Å². The molecular weight excluding hydrogens is 1030 g/mol. The standard InChI is InChI=1S/C56H68ClFN11O7S/c1-33(2)36-8-6-7-9-37(36)42-28-67(31-55-29-56(55,57)30-55)18-19-69(42)35-23-54(24-35)14-16-68(17-15-54)46-22-43(76-44-20-38-40(58)27-61-50(38)64-52(44)75-5)39(26-59-46)51(70)65-77(73,74)45-21-41(66(4)72)47(49-48(45)62-32-63-49)60-25-34-10-12-53(3,71)13-11-34/h6-9,20-22,26-27,32-35,42,60,71H,10-19,23-25,28-31H2,1-5H3,(H,61,64)(H,62,63)(H,65,70)/q-1/t34?,42-,53?,55?,56?/m0/s1. The summed E-state index contributed by atoms with van der Waals surface area (Å²) in [7, 11) is -2.09. The zero-order valence-electron chi connectivity index (χ0n) is 44.3. The number of hydroxylamine groups is 1. The highest BCUT2D eigenvalue weighted by Crippen LogP contribution is 2.82. The van der Waals surface area contributed by atoms with Gasteiger partial charge in [-0.3, -0.25) is 14.6 Å². The van der Waals surface area contributed by atoms with Crippen LogP contribution in [0.4, 0.5) is 21.6 Å². The van der Waals surface area contributed by atoms with Gasteiger partial charge in [0.25, 0.3) is 21.8 Å². The largest absolute Gasteiger partial charge is 0.758 e. The molecule has 410 valence electrons. The first kappa shape index (κ1) is 52.0. The lowest BCUT2D eigenvalue weighted by Gasteiger charge is -2.58. The maximum atomic E-state index is 15.0. The molecule has 4 aliphatic carbocycles. The third-order valence-electron chi connectivity index (χ3n) is 18.2. The van der Waals surface area contributed by atoms with Crippen molar-refractivity contribution in [1.82, 2.24) is 39.4 Å². The lowest BCUT2D eigenvalue weighted by Crippen LogP contribution is -2.60. The zero-order chi connectivity index (χ0) is 53.8. The number of ether oxygens (including phenoxy) is 2. The Balaban J connectivity index is 0.783. The Bertz CT molecular complexity index is 3350. The minimum atomic E-state index is -4.74. The number of hydrogen-bond donors (Lipinski definition) is 5. The summed E-state index contributed by atoms with van der Waals surface area (Å²) in [6.07, 6.45) is 13.0. The number of rotatable bonds is 16. The molecule has 77 heavy (non-hydrogen) atoms. The van der Waals surface area contributed by atoms with Crippen molar-refractivity contribution in [3.63, 3.8) is 0 Å². The number of benzene rings is 2. The quantitative estimate of drug-likeness (QED) is 0.0451. The molecule has 6 aliphatic rings. The number of carbonyl (C=O) groups is 1. The fourth-order valence-electron chi connectivity index (χ4n) is 13.3. The van der Waals surface area contributed by atoms with Gasteiger partial charge in [0.05, 0.1) is 46.2 Å². The number of piperazine rings is 1. The van der Waals surface area contributed by atoms with E-state index in [0.717, 1.165) is 77.5 Å². The number of aliphatic hydroxyl groups is 1. The number of aromatic amines is 2. The third-order valence-corrected chi connectivity index (χ3v) is 20.2. The Kier molecular flexibility index (Phi) is 13.0. The molecule has 0 unspecified atom stereocenters. The first-order chi connectivity index (χ1) is 36.8. The second-order valence-electron chi connectivity index (χ2n) is 23.7. The van der Waals surface area contributed by atoms with Crippen molar-refractivity contribution in [3.05, 3.63) is 88.9 Å². The van der Waals surface area contributed by atoms with Gasteiger partial charge in [0, 0.05) is 87.8 Å². The Labute approximate surface area is 453 Å². The van der Waals surface area contributed by atoms with Gasteiger partial charge >= 0.3 is 0 Å². The number of imidazole rings is 1. The monoisotopic (exact) mass is 1090 g/mol. The molecule has 0 bridgehead atoms. The summed E-state index contributed by atoms with van der Waals surface area (Å²) in [5.41, 5.74) is 3.28. The lowest BCUT2D eigenvalue weighted by molar-refractivity contribution is -0.0629. The van der Waals surface area contributed by atoms with E-state index in [9.17, 15) is 27.9 Å². The van der Waals surface area contributed by atoms with E-state index in [1.165, 1.54) is 56.1 Å². The number of methoxy groups -OCH3 is 1. The third kappa shape index (κ3) is 9.63. The second kappa shape index (κ2) is 19.3. The van der Waals surface area contributed by atoms with E-state index in [2.05, 4.69) is 82.8 Å². The number of sulfonamides is 1. The molecule has 2 saturated heterocycles. The van der Waals surface area contributed by atoms with Crippen LogP contribution in [0.3, 0.4) is 0 Å². The molecule has 18 nitrogen and oxygen atoms in total. The van der Waals surface area contributed by atoms with Crippen molar-refractivity contribution in [1.29, 1.82) is 0 Å². The van der Waals surface area contributed by atoms with E-state index in [4.69, 9.17) is 26.1 Å². The Morgan fingerprint density at radius 1 is 1.04 bits per heavy atom. The van der Waals surface area contributed by atoms with Crippen LogP contribution in [0.1, 0.15) is 118 Å². The van der Waals surface area contributed by atoms with Gasteiger partial charge in [0.15, 0.2) is 5.75 Å². The Hall–Kier alpha value is -5.77. The lowest BCUT2D eigenvalue weighted by atomic mass is 9.59. The summed E-state index contributed by atoms with van der Waals surface area (Å²) in [5, 5.41) is 27.6. The van der Waals surface area contributed by atoms with Crippen LogP contribution in [0.2, 0.25) is 0 Å². The molecule has 12 rings (SSSR count). The van der Waals surface area contributed by atoms with Crippen LogP contribution in [0.15, 0.2) is 66.1 Å². The van der Waals surface area contributed by atoms with E-state index in [1.54, 1.807) is 6.07 Å². The van der Waals surface area contributed by atoms with Crippen LogP contribution in [-0.2, 0) is 10.0 Å². The normalized spacial score (nSPS) is 26.4. The second-order valence-corrected chi connectivity index (χ2v) is 26.1. The van der Waals surface area contributed by atoms with Gasteiger partial charge in [0.1, 0.15) is 39.0 Å². The maximum Gasteiger partial charge on any atom is 0.270 e. The number of alkyl halides is 1. The van der Waals surface area contributed by atoms with Crippen molar-refractivity contribution in [2.24, 2.45) is 16.7 Å². The molecule has 21 heteroatoms. The SMILES string of the molecule is COc1nc2[nH]cc(F)c2cc1Oc1cc(N2CCC3(CC2)CC(N2CCN(CC45CC4(Cl)C5)C[C@H]2c2ccccc2C(C)C)C3)ncc1C(=O)NS(=O)(=O)c1cc(N(C)[O-])c(NCC2CCC(C)(O)CC2)c2[nH]cnc12. The van der Waals surface area contributed by atoms with Crippen LogP contribution in [0, 0.1) is 27.8 Å². The number of pyridine rings is 2. The first-order valence-corrected chi connectivity index (χ1v) is 29.0. The van der Waals surface area contributed by atoms with Gasteiger partial charge in [-0.25, -0.2) is 27.5 Å². The summed E-state index contributed by atoms with van der Waals surface area (Å²) in [6, 6.07) is 14.0. The molecule has 6 heterocycles. The van der Waals surface area contributed by atoms with E-state index < -0.39 is 32.2 Å². The van der Waals surface area contributed by atoms with Gasteiger partial charge in [-0.05, 0) is 113 Å². The summed E-state index contributed by atoms with van der Waals surface area (Å²) in [6.45, 7) is 12.4. The molecule has 1 amide bonds. The Morgan fingerprint density at radius 2 is 1.78 bits per heavy atom. The molecule has 1 atom stereocenters. The molecule has 6 fully saturated rings. The minimum Gasteiger partial charge on any atom is -0.758 e. The summed E-state index contributed by atoms with van der Waals surface area (Å²) < 4.78 is 58.1. The number of halogens is 2. The van der Waals surface area contributed by atoms with Crippen LogP contribution in [-0.4, -0.2) is 131 Å². The number of anilines is 3. The number of hydrogen-bond acceptors (Lipinski definition) is 15. The molecule has 4 aromatic heterocycles. The van der Waals surface area contributed by atoms with Crippen molar-refractivity contribution in [3.8, 4) is 17.4 Å².